The largest absolute Gasteiger partial charge is 0.598 e. The van der Waals surface area contributed by atoms with Crippen LogP contribution in [-0.2, 0) is 22.6 Å². The normalized spacial score (nSPS) is 23.9. The summed E-state index contributed by atoms with van der Waals surface area (Å²) in [5, 5.41) is 0. The fourth-order valence-corrected chi connectivity index (χ4v) is 7.03. The van der Waals surface area contributed by atoms with Crippen LogP contribution in [0.25, 0.3) is 0 Å². The van der Waals surface area contributed by atoms with E-state index in [-0.39, 0.29) is 53.6 Å². The number of nitrogens with zero attached hydrogens (tertiary/aromatic N) is 2. The van der Waals surface area contributed by atoms with Gasteiger partial charge in [-0.15, -0.1) is 4.72 Å². The van der Waals surface area contributed by atoms with Gasteiger partial charge in [0.15, 0.2) is 11.6 Å². The van der Waals surface area contributed by atoms with E-state index in [1.807, 2.05) is 0 Å². The quantitative estimate of drug-likeness (QED) is 0.305. The molecule has 1 unspecified atom stereocenters. The third kappa shape index (κ3) is 5.38. The lowest BCUT2D eigenvalue weighted by molar-refractivity contribution is -0.136. The van der Waals surface area contributed by atoms with Gasteiger partial charge in [0.25, 0.3) is 11.8 Å². The number of imide groups is 1. The Morgan fingerprint density at radius 1 is 1.00 bits per heavy atom. The SMILES string of the molecule is CC(C)(C)[S+]([O-])N[C@@H](Cc1cc(F)c(F)cc1F)[C@@H]1C[C@H]2CC[C@@H](C1)N2C(=O)CN1C(=O)c2ccccc2C1=O. The molecule has 11 heteroatoms. The maximum Gasteiger partial charge on any atom is 0.262 e. The van der Waals surface area contributed by atoms with Gasteiger partial charge in [-0.1, -0.05) is 12.1 Å². The third-order valence-corrected chi connectivity index (χ3v) is 9.77. The maximum absolute atomic E-state index is 14.6. The van der Waals surface area contributed by atoms with Gasteiger partial charge in [-0.3, -0.25) is 19.3 Å². The lowest BCUT2D eigenvalue weighted by Gasteiger charge is -2.42. The van der Waals surface area contributed by atoms with Crippen LogP contribution >= 0.6 is 0 Å². The summed E-state index contributed by atoms with van der Waals surface area (Å²) in [6, 6.07) is 6.98. The van der Waals surface area contributed by atoms with Crippen molar-refractivity contribution in [3.8, 4) is 0 Å². The number of fused-ring (bicyclic) bond motifs is 3. The summed E-state index contributed by atoms with van der Waals surface area (Å²) in [5.74, 6) is -4.71. The Morgan fingerprint density at radius 2 is 1.55 bits per heavy atom. The maximum atomic E-state index is 14.6. The first kappa shape index (κ1) is 28.6. The first-order chi connectivity index (χ1) is 18.8. The van der Waals surface area contributed by atoms with Crippen LogP contribution in [0.15, 0.2) is 36.4 Å². The van der Waals surface area contributed by atoms with Crippen LogP contribution < -0.4 is 4.72 Å². The molecule has 40 heavy (non-hydrogen) atoms. The minimum absolute atomic E-state index is 0.00204. The predicted molar refractivity (Wildman–Crippen MR) is 143 cm³/mol. The molecule has 3 heterocycles. The predicted octanol–water partition coefficient (Wildman–Crippen LogP) is 4.13. The number of amides is 3. The summed E-state index contributed by atoms with van der Waals surface area (Å²) in [6.07, 6.45) is 2.49. The molecule has 5 rings (SSSR count). The van der Waals surface area contributed by atoms with Gasteiger partial charge in [0.05, 0.1) is 17.2 Å². The minimum Gasteiger partial charge on any atom is -0.598 e. The van der Waals surface area contributed by atoms with Crippen molar-refractivity contribution >= 4 is 29.1 Å². The molecule has 0 saturated carbocycles. The van der Waals surface area contributed by atoms with E-state index in [1.54, 1.807) is 49.9 Å². The van der Waals surface area contributed by atoms with Gasteiger partial charge in [0, 0.05) is 29.5 Å². The Balaban J connectivity index is 1.32. The fraction of sp³-hybridized carbons (Fsp3) is 0.483. The van der Waals surface area contributed by atoms with E-state index >= 15 is 0 Å². The van der Waals surface area contributed by atoms with Gasteiger partial charge < -0.3 is 9.45 Å². The second kappa shape index (κ2) is 10.8. The molecule has 2 bridgehead atoms. The van der Waals surface area contributed by atoms with Crippen LogP contribution in [0.5, 0.6) is 0 Å². The summed E-state index contributed by atoms with van der Waals surface area (Å²) in [7, 11) is 0. The summed E-state index contributed by atoms with van der Waals surface area (Å²) in [4.78, 5) is 41.8. The molecule has 3 aliphatic rings. The number of benzene rings is 2. The van der Waals surface area contributed by atoms with E-state index in [2.05, 4.69) is 4.72 Å². The second-order valence-corrected chi connectivity index (χ2v) is 13.8. The van der Waals surface area contributed by atoms with Gasteiger partial charge >= 0.3 is 0 Å². The van der Waals surface area contributed by atoms with Crippen molar-refractivity contribution in [3.05, 3.63) is 70.5 Å². The molecule has 0 aromatic heterocycles. The number of hydrogen-bond donors (Lipinski definition) is 1. The molecular formula is C29H32F3N3O4S. The average Bonchev–Trinajstić information content (AvgIpc) is 3.30. The van der Waals surface area contributed by atoms with Gasteiger partial charge in [-0.05, 0) is 82.6 Å². The zero-order valence-electron chi connectivity index (χ0n) is 22.6. The number of halogens is 3. The number of nitrogens with one attached hydrogen (secondary N) is 1. The van der Waals surface area contributed by atoms with E-state index in [0.29, 0.717) is 18.9 Å². The van der Waals surface area contributed by atoms with Crippen molar-refractivity contribution < 1.29 is 32.1 Å². The zero-order chi connectivity index (χ0) is 28.9. The van der Waals surface area contributed by atoms with Crippen LogP contribution in [0, 0.1) is 23.4 Å². The lowest BCUT2D eigenvalue weighted by Crippen LogP contribution is -2.55. The summed E-state index contributed by atoms with van der Waals surface area (Å²) < 4.78 is 57.7. The Morgan fingerprint density at radius 3 is 2.10 bits per heavy atom. The molecule has 2 aromatic rings. The third-order valence-electron chi connectivity index (χ3n) is 8.14. The molecule has 0 spiro atoms. The highest BCUT2D eigenvalue weighted by atomic mass is 32.2. The molecule has 3 amide bonds. The Labute approximate surface area is 234 Å². The van der Waals surface area contributed by atoms with Crippen LogP contribution in [0.1, 0.15) is 72.7 Å². The standard InChI is InChI=1S/C29H32F3N3O4S/c1-29(2,3)40(39)33-25(13-16-12-23(31)24(32)14-22(16)30)17-10-18-8-9-19(11-17)35(18)26(36)15-34-27(37)20-6-4-5-7-21(20)28(34)38/h4-7,12,14,17-19,25,33H,8-11,13,15H2,1-3H3/t17-,18-,19+,25-,40?/m0/s1. The van der Waals surface area contributed by atoms with Crippen molar-refractivity contribution in [2.45, 2.75) is 75.7 Å². The van der Waals surface area contributed by atoms with E-state index in [0.717, 1.165) is 23.8 Å². The smallest absolute Gasteiger partial charge is 0.262 e. The number of carbonyl (C=O) groups is 3. The molecule has 1 N–H and O–H groups in total. The monoisotopic (exact) mass is 575 g/mol. The van der Waals surface area contributed by atoms with Crippen LogP contribution in [0.2, 0.25) is 0 Å². The van der Waals surface area contributed by atoms with Crippen molar-refractivity contribution in [2.75, 3.05) is 6.54 Å². The van der Waals surface area contributed by atoms with Crippen LogP contribution in [-0.4, -0.2) is 61.5 Å². The molecule has 0 aliphatic carbocycles. The zero-order valence-corrected chi connectivity index (χ0v) is 23.4. The van der Waals surface area contributed by atoms with E-state index in [4.69, 9.17) is 0 Å². The fourth-order valence-electron chi connectivity index (χ4n) is 6.13. The molecule has 7 nitrogen and oxygen atoms in total. The van der Waals surface area contributed by atoms with Crippen LogP contribution in [0.3, 0.4) is 0 Å². The molecule has 2 saturated heterocycles. The summed E-state index contributed by atoms with van der Waals surface area (Å²) in [5.41, 5.74) is 0.554. The van der Waals surface area contributed by atoms with Gasteiger partial charge in [0.2, 0.25) is 5.91 Å². The average molecular weight is 576 g/mol. The van der Waals surface area contributed by atoms with Gasteiger partial charge in [-0.25, -0.2) is 13.2 Å². The van der Waals surface area contributed by atoms with Crippen molar-refractivity contribution in [3.63, 3.8) is 0 Å². The van der Waals surface area contributed by atoms with E-state index in [9.17, 15) is 32.1 Å². The molecule has 0 radical (unpaired) electrons. The molecule has 2 aromatic carbocycles. The van der Waals surface area contributed by atoms with Crippen LogP contribution in [0.4, 0.5) is 13.2 Å². The number of hydrogen-bond acceptors (Lipinski definition) is 5. The number of carbonyl (C=O) groups excluding carboxylic acids is 3. The molecular weight excluding hydrogens is 543 g/mol. The summed E-state index contributed by atoms with van der Waals surface area (Å²) in [6.45, 7) is 5.06. The molecule has 214 valence electrons. The minimum atomic E-state index is -1.51. The van der Waals surface area contributed by atoms with Crippen molar-refractivity contribution in [1.29, 1.82) is 0 Å². The number of rotatable bonds is 7. The summed E-state index contributed by atoms with van der Waals surface area (Å²) >= 11 is -1.51. The molecule has 3 aliphatic heterocycles. The number of piperidine rings is 1. The highest BCUT2D eigenvalue weighted by Gasteiger charge is 2.48. The van der Waals surface area contributed by atoms with Gasteiger partial charge in [-0.2, -0.15) is 0 Å². The van der Waals surface area contributed by atoms with E-state index < -0.39 is 51.4 Å². The molecule has 5 atom stereocenters. The highest BCUT2D eigenvalue weighted by Crippen LogP contribution is 2.41. The Kier molecular flexibility index (Phi) is 7.75. The first-order valence-electron chi connectivity index (χ1n) is 13.4. The second-order valence-electron chi connectivity index (χ2n) is 11.8. The first-order valence-corrected chi connectivity index (χ1v) is 14.6. The van der Waals surface area contributed by atoms with Crippen molar-refractivity contribution in [1.82, 2.24) is 14.5 Å². The Bertz CT molecular complexity index is 1300. The molecule has 2 fully saturated rings. The topological polar surface area (TPSA) is 92.8 Å². The lowest BCUT2D eigenvalue weighted by atomic mass is 9.82. The highest BCUT2D eigenvalue weighted by molar-refractivity contribution is 7.90. The van der Waals surface area contributed by atoms with E-state index in [1.165, 1.54) is 0 Å². The Hall–Kier alpha value is -2.89. The van der Waals surface area contributed by atoms with Crippen molar-refractivity contribution in [2.24, 2.45) is 5.92 Å². The van der Waals surface area contributed by atoms with Gasteiger partial charge in [0.1, 0.15) is 17.1 Å².